The van der Waals surface area contributed by atoms with Crippen LogP contribution in [0.25, 0.3) is 0 Å². The zero-order valence-corrected chi connectivity index (χ0v) is 15.3. The van der Waals surface area contributed by atoms with Crippen molar-refractivity contribution in [3.8, 4) is 0 Å². The smallest absolute Gasteiger partial charge is 0.277 e. The van der Waals surface area contributed by atoms with Crippen LogP contribution in [-0.4, -0.2) is 51.7 Å². The summed E-state index contributed by atoms with van der Waals surface area (Å²) in [6.45, 7) is -0.222. The number of fused-ring (bicyclic) bond motifs is 1. The lowest BCUT2D eigenvalue weighted by atomic mass is 10.1. The fourth-order valence-electron chi connectivity index (χ4n) is 3.32. The molecular formula is C21H17N3O5. The third kappa shape index (κ3) is 3.30. The number of hydrogen-bond acceptors (Lipinski definition) is 6. The van der Waals surface area contributed by atoms with Crippen molar-refractivity contribution in [3.63, 3.8) is 0 Å². The summed E-state index contributed by atoms with van der Waals surface area (Å²) in [7, 11) is 0. The number of aliphatic hydroxyl groups excluding tert-OH is 1. The Kier molecular flexibility index (Phi) is 4.69. The molecule has 2 aliphatic rings. The van der Waals surface area contributed by atoms with Crippen LogP contribution in [0.2, 0.25) is 0 Å². The van der Waals surface area contributed by atoms with E-state index in [0.29, 0.717) is 16.8 Å². The molecule has 0 spiro atoms. The minimum Gasteiger partial charge on any atom is -0.395 e. The number of imide groups is 2. The lowest BCUT2D eigenvalue weighted by molar-refractivity contribution is -0.137. The highest BCUT2D eigenvalue weighted by Crippen LogP contribution is 2.25. The number of aliphatic hydroxyl groups is 1. The van der Waals surface area contributed by atoms with Gasteiger partial charge in [0.1, 0.15) is 5.70 Å². The maximum Gasteiger partial charge on any atom is 0.277 e. The normalized spacial score (nSPS) is 15.8. The average Bonchev–Trinajstić information content (AvgIpc) is 3.12. The molecule has 2 N–H and O–H groups in total. The second-order valence-corrected chi connectivity index (χ2v) is 6.64. The Bertz CT molecular complexity index is 1020. The van der Waals surface area contributed by atoms with Gasteiger partial charge in [-0.15, -0.1) is 0 Å². The minimum absolute atomic E-state index is 0.0570. The SMILES string of the molecule is O=C1C=C(Nc2ccc(CN3C(=O)c4ccccc4C3=O)cc2)C(=O)N1CCO. The molecule has 4 rings (SSSR count). The van der Waals surface area contributed by atoms with Crippen molar-refractivity contribution in [1.82, 2.24) is 9.80 Å². The fraction of sp³-hybridized carbons (Fsp3) is 0.143. The summed E-state index contributed by atoms with van der Waals surface area (Å²) in [5.41, 5.74) is 2.25. The standard InChI is InChI=1S/C21H17N3O5/c25-10-9-23-18(26)11-17(21(23)29)22-14-7-5-13(6-8-14)12-24-19(27)15-3-1-2-4-16(15)20(24)28/h1-8,11,22,25H,9-10,12H2. The van der Waals surface area contributed by atoms with Gasteiger partial charge in [0.2, 0.25) is 0 Å². The maximum atomic E-state index is 12.5. The van der Waals surface area contributed by atoms with Crippen molar-refractivity contribution in [1.29, 1.82) is 0 Å². The Labute approximate surface area is 166 Å². The Morgan fingerprint density at radius 3 is 2.00 bits per heavy atom. The molecule has 8 heteroatoms. The number of nitrogens with one attached hydrogen (secondary N) is 1. The number of hydrogen-bond donors (Lipinski definition) is 2. The Morgan fingerprint density at radius 2 is 1.41 bits per heavy atom. The Hall–Kier alpha value is -3.78. The molecule has 4 amide bonds. The van der Waals surface area contributed by atoms with Crippen LogP contribution in [0.3, 0.4) is 0 Å². The third-order valence-corrected chi connectivity index (χ3v) is 4.78. The number of benzene rings is 2. The first-order valence-electron chi connectivity index (χ1n) is 8.99. The van der Waals surface area contributed by atoms with Crippen molar-refractivity contribution in [2.75, 3.05) is 18.5 Å². The van der Waals surface area contributed by atoms with E-state index in [-0.39, 0.29) is 37.2 Å². The highest BCUT2D eigenvalue weighted by molar-refractivity contribution is 6.21. The zero-order valence-electron chi connectivity index (χ0n) is 15.3. The highest BCUT2D eigenvalue weighted by atomic mass is 16.3. The summed E-state index contributed by atoms with van der Waals surface area (Å²) in [6, 6.07) is 13.6. The molecule has 0 atom stereocenters. The number of anilines is 1. The molecule has 0 bridgehead atoms. The van der Waals surface area contributed by atoms with E-state index in [9.17, 15) is 19.2 Å². The minimum atomic E-state index is -0.501. The molecule has 8 nitrogen and oxygen atoms in total. The molecule has 2 heterocycles. The summed E-state index contributed by atoms with van der Waals surface area (Å²) >= 11 is 0. The molecule has 0 radical (unpaired) electrons. The quantitative estimate of drug-likeness (QED) is 0.715. The first-order valence-corrected chi connectivity index (χ1v) is 8.99. The molecule has 0 saturated carbocycles. The van der Waals surface area contributed by atoms with Crippen LogP contribution in [0.15, 0.2) is 60.3 Å². The summed E-state index contributed by atoms with van der Waals surface area (Å²) in [6.07, 6.45) is 1.19. The van der Waals surface area contributed by atoms with Gasteiger partial charge >= 0.3 is 0 Å². The van der Waals surface area contributed by atoms with Crippen molar-refractivity contribution in [2.45, 2.75) is 6.54 Å². The van der Waals surface area contributed by atoms with Crippen LogP contribution in [0.1, 0.15) is 26.3 Å². The summed E-state index contributed by atoms with van der Waals surface area (Å²) in [5, 5.41) is 11.8. The van der Waals surface area contributed by atoms with E-state index < -0.39 is 11.8 Å². The molecule has 2 aromatic carbocycles. The number of carbonyl (C=O) groups excluding carboxylic acids is 4. The molecule has 2 aliphatic heterocycles. The monoisotopic (exact) mass is 391 g/mol. The maximum absolute atomic E-state index is 12.5. The van der Waals surface area contributed by atoms with Gasteiger partial charge in [0.05, 0.1) is 30.8 Å². The Balaban J connectivity index is 1.44. The summed E-state index contributed by atoms with van der Waals surface area (Å²) in [5.74, 6) is -1.62. The van der Waals surface area contributed by atoms with Gasteiger partial charge in [-0.05, 0) is 29.8 Å². The third-order valence-electron chi connectivity index (χ3n) is 4.78. The van der Waals surface area contributed by atoms with Crippen molar-refractivity contribution in [3.05, 3.63) is 77.0 Å². The van der Waals surface area contributed by atoms with E-state index in [1.54, 1.807) is 48.5 Å². The summed E-state index contributed by atoms with van der Waals surface area (Å²) in [4.78, 5) is 51.0. The van der Waals surface area contributed by atoms with Crippen molar-refractivity contribution < 1.29 is 24.3 Å². The molecule has 0 unspecified atom stereocenters. The van der Waals surface area contributed by atoms with E-state index in [1.807, 2.05) is 0 Å². The van der Waals surface area contributed by atoms with Gasteiger partial charge in [-0.3, -0.25) is 29.0 Å². The topological polar surface area (TPSA) is 107 Å². The molecule has 29 heavy (non-hydrogen) atoms. The predicted molar refractivity (Wildman–Crippen MR) is 103 cm³/mol. The number of rotatable bonds is 6. The van der Waals surface area contributed by atoms with Crippen LogP contribution in [0, 0.1) is 0 Å². The van der Waals surface area contributed by atoms with Crippen LogP contribution in [-0.2, 0) is 16.1 Å². The second-order valence-electron chi connectivity index (χ2n) is 6.64. The van der Waals surface area contributed by atoms with Gasteiger partial charge in [0, 0.05) is 11.8 Å². The first kappa shape index (κ1) is 18.6. The van der Waals surface area contributed by atoms with Crippen LogP contribution >= 0.6 is 0 Å². The van der Waals surface area contributed by atoms with Crippen LogP contribution in [0.4, 0.5) is 5.69 Å². The average molecular weight is 391 g/mol. The molecular weight excluding hydrogens is 374 g/mol. The van der Waals surface area contributed by atoms with E-state index >= 15 is 0 Å². The van der Waals surface area contributed by atoms with Crippen LogP contribution < -0.4 is 5.32 Å². The van der Waals surface area contributed by atoms with Gasteiger partial charge in [-0.1, -0.05) is 24.3 Å². The molecule has 0 aliphatic carbocycles. The number of amides is 4. The first-order chi connectivity index (χ1) is 14.0. The van der Waals surface area contributed by atoms with E-state index in [2.05, 4.69) is 5.32 Å². The molecule has 0 aromatic heterocycles. The molecule has 0 saturated heterocycles. The van der Waals surface area contributed by atoms with E-state index in [4.69, 9.17) is 5.11 Å². The van der Waals surface area contributed by atoms with Gasteiger partial charge in [0.15, 0.2) is 0 Å². The van der Waals surface area contributed by atoms with Gasteiger partial charge < -0.3 is 10.4 Å². The van der Waals surface area contributed by atoms with Crippen LogP contribution in [0.5, 0.6) is 0 Å². The number of nitrogens with zero attached hydrogens (tertiary/aromatic N) is 2. The van der Waals surface area contributed by atoms with Gasteiger partial charge in [-0.2, -0.15) is 0 Å². The van der Waals surface area contributed by atoms with Gasteiger partial charge in [-0.25, -0.2) is 0 Å². The molecule has 146 valence electrons. The lowest BCUT2D eigenvalue weighted by Gasteiger charge is -2.15. The zero-order chi connectivity index (χ0) is 20.5. The molecule has 0 fully saturated rings. The highest BCUT2D eigenvalue weighted by Gasteiger charge is 2.35. The molecule has 2 aromatic rings. The van der Waals surface area contributed by atoms with Crippen molar-refractivity contribution >= 4 is 29.3 Å². The van der Waals surface area contributed by atoms with Gasteiger partial charge in [0.25, 0.3) is 23.6 Å². The number of carbonyl (C=O) groups is 4. The van der Waals surface area contributed by atoms with E-state index in [0.717, 1.165) is 10.5 Å². The van der Waals surface area contributed by atoms with Crippen molar-refractivity contribution in [2.24, 2.45) is 0 Å². The second kappa shape index (κ2) is 7.33. The predicted octanol–water partition coefficient (Wildman–Crippen LogP) is 1.14. The Morgan fingerprint density at radius 1 is 0.793 bits per heavy atom. The van der Waals surface area contributed by atoms with E-state index in [1.165, 1.54) is 11.0 Å². The lowest BCUT2D eigenvalue weighted by Crippen LogP contribution is -2.34. The fourth-order valence-corrected chi connectivity index (χ4v) is 3.32. The largest absolute Gasteiger partial charge is 0.395 e. The number of β-amino-alcohol motifs (C(OH)–C–C–N with tert-alkyl or cyclic N) is 1. The summed E-state index contributed by atoms with van der Waals surface area (Å²) < 4.78 is 0.